The van der Waals surface area contributed by atoms with Gasteiger partial charge in [-0.25, -0.2) is 13.2 Å². The van der Waals surface area contributed by atoms with Crippen LogP contribution in [0.4, 0.5) is 18.2 Å². The van der Waals surface area contributed by atoms with Crippen molar-refractivity contribution in [3.05, 3.63) is 65.6 Å². The second kappa shape index (κ2) is 8.63. The van der Waals surface area contributed by atoms with Crippen molar-refractivity contribution in [1.82, 2.24) is 14.4 Å². The number of thiophene rings is 1. The van der Waals surface area contributed by atoms with Crippen molar-refractivity contribution in [2.45, 2.75) is 19.0 Å². The number of piperazine rings is 1. The van der Waals surface area contributed by atoms with E-state index in [1.165, 1.54) is 18.3 Å². The molecule has 1 saturated heterocycles. The minimum Gasteiger partial charge on any atom is -0.389 e. The van der Waals surface area contributed by atoms with E-state index >= 15 is 8.78 Å². The number of aryl methyl sites for hydroxylation is 1. The van der Waals surface area contributed by atoms with Crippen LogP contribution in [0.5, 0.6) is 0 Å². The van der Waals surface area contributed by atoms with Crippen molar-refractivity contribution >= 4 is 49.1 Å². The first-order valence-corrected chi connectivity index (χ1v) is 12.7. The van der Waals surface area contributed by atoms with Crippen LogP contribution in [0.1, 0.15) is 22.3 Å². The van der Waals surface area contributed by atoms with Gasteiger partial charge in [-0.2, -0.15) is 5.26 Å². The molecule has 2 aromatic heterocycles. The molecule has 1 atom stereocenters. The van der Waals surface area contributed by atoms with Crippen LogP contribution < -0.4 is 5.73 Å². The molecule has 0 aliphatic carbocycles. The van der Waals surface area contributed by atoms with Gasteiger partial charge >= 0.3 is 0 Å². The van der Waals surface area contributed by atoms with Crippen LogP contribution in [-0.4, -0.2) is 51.9 Å². The molecule has 4 heterocycles. The fraction of sp³-hybridized carbons (Fsp3) is 0.222. The molecular weight excluding hydrogens is 515 g/mol. The minimum absolute atomic E-state index is 0.00189. The van der Waals surface area contributed by atoms with Crippen molar-refractivity contribution in [1.29, 1.82) is 5.26 Å². The molecule has 0 unspecified atom stereocenters. The van der Waals surface area contributed by atoms with Gasteiger partial charge in [-0.15, -0.1) is 11.3 Å². The van der Waals surface area contributed by atoms with Crippen LogP contribution in [0.2, 0.25) is 0 Å². The summed E-state index contributed by atoms with van der Waals surface area (Å²) in [5.74, 6) is -2.95. The average molecular weight is 536 g/mol. The van der Waals surface area contributed by atoms with Gasteiger partial charge in [0.2, 0.25) is 5.91 Å². The Kier molecular flexibility index (Phi) is 5.47. The van der Waals surface area contributed by atoms with Gasteiger partial charge in [-0.05, 0) is 30.2 Å². The third kappa shape index (κ3) is 3.33. The minimum atomic E-state index is -0.878. The van der Waals surface area contributed by atoms with E-state index in [0.29, 0.717) is 26.1 Å². The largest absolute Gasteiger partial charge is 0.389 e. The highest BCUT2D eigenvalue weighted by molar-refractivity contribution is 7.23. The van der Waals surface area contributed by atoms with Crippen molar-refractivity contribution in [3.63, 3.8) is 0 Å². The summed E-state index contributed by atoms with van der Waals surface area (Å²) in [6.07, 6.45) is 2.90. The van der Waals surface area contributed by atoms with Crippen LogP contribution in [0, 0.1) is 28.8 Å². The molecule has 6 rings (SSSR count). The van der Waals surface area contributed by atoms with Gasteiger partial charge in [-0.1, -0.05) is 12.6 Å². The Morgan fingerprint density at radius 3 is 2.66 bits per heavy atom. The Morgan fingerprint density at radius 2 is 1.92 bits per heavy atom. The Hall–Kier alpha value is -4.30. The van der Waals surface area contributed by atoms with E-state index < -0.39 is 23.4 Å². The SMILES string of the molecule is C=CC(=O)N1CCN2C(=O)c3cc(F)c(-c4ccc(F)c5sc(N)c(C#N)c45)c4c(F)cn(c34)CC[C@@H]2C1. The van der Waals surface area contributed by atoms with Gasteiger partial charge in [0.25, 0.3) is 5.91 Å². The van der Waals surface area contributed by atoms with Crippen LogP contribution >= 0.6 is 11.3 Å². The molecule has 11 heteroatoms. The van der Waals surface area contributed by atoms with E-state index in [4.69, 9.17) is 5.73 Å². The zero-order chi connectivity index (χ0) is 26.9. The zero-order valence-corrected chi connectivity index (χ0v) is 20.7. The number of carbonyl (C=O) groups excluding carboxylic acids is 2. The summed E-state index contributed by atoms with van der Waals surface area (Å²) in [5, 5.41) is 9.75. The molecule has 1 fully saturated rings. The molecule has 2 aliphatic rings. The number of fused-ring (bicyclic) bond motifs is 2. The molecule has 7 nitrogen and oxygen atoms in total. The summed E-state index contributed by atoms with van der Waals surface area (Å²) in [6, 6.07) is 5.13. The summed E-state index contributed by atoms with van der Waals surface area (Å²) in [7, 11) is 0. The molecule has 0 bridgehead atoms. The van der Waals surface area contributed by atoms with Gasteiger partial charge in [0, 0.05) is 48.7 Å². The number of nitrogens with zero attached hydrogens (tertiary/aromatic N) is 4. The Labute approximate surface area is 218 Å². The summed E-state index contributed by atoms with van der Waals surface area (Å²) >= 11 is 0.865. The average Bonchev–Trinajstić information content (AvgIpc) is 3.42. The lowest BCUT2D eigenvalue weighted by molar-refractivity contribution is -0.128. The van der Waals surface area contributed by atoms with E-state index in [1.54, 1.807) is 14.4 Å². The van der Waals surface area contributed by atoms with Gasteiger partial charge in [0.15, 0.2) is 0 Å². The van der Waals surface area contributed by atoms with Crippen LogP contribution in [0.25, 0.3) is 32.1 Å². The van der Waals surface area contributed by atoms with Crippen molar-refractivity contribution in [3.8, 4) is 17.2 Å². The highest BCUT2D eigenvalue weighted by Gasteiger charge is 2.36. The molecule has 2 aromatic carbocycles. The third-order valence-corrected chi connectivity index (χ3v) is 8.44. The predicted molar refractivity (Wildman–Crippen MR) is 138 cm³/mol. The maximum Gasteiger partial charge on any atom is 0.256 e. The van der Waals surface area contributed by atoms with Gasteiger partial charge in [0.05, 0.1) is 27.4 Å². The van der Waals surface area contributed by atoms with E-state index in [1.807, 2.05) is 6.07 Å². The van der Waals surface area contributed by atoms with Crippen LogP contribution in [-0.2, 0) is 11.3 Å². The number of aromatic nitrogens is 1. The van der Waals surface area contributed by atoms with Crippen LogP contribution in [0.3, 0.4) is 0 Å². The Balaban J connectivity index is 1.57. The molecule has 38 heavy (non-hydrogen) atoms. The zero-order valence-electron chi connectivity index (χ0n) is 19.9. The van der Waals surface area contributed by atoms with Gasteiger partial charge in [-0.3, -0.25) is 9.59 Å². The van der Waals surface area contributed by atoms with Crippen molar-refractivity contribution < 1.29 is 22.8 Å². The summed E-state index contributed by atoms with van der Waals surface area (Å²) in [5.41, 5.74) is 6.13. The molecule has 0 spiro atoms. The number of amides is 2. The number of halogens is 3. The molecular formula is C27H20F3N5O2S. The first-order chi connectivity index (χ1) is 18.2. The molecule has 0 radical (unpaired) electrons. The topological polar surface area (TPSA) is 95.4 Å². The number of nitrogen functional groups attached to an aromatic ring is 1. The quantitative estimate of drug-likeness (QED) is 0.379. The van der Waals surface area contributed by atoms with Gasteiger partial charge < -0.3 is 20.1 Å². The molecule has 2 N–H and O–H groups in total. The number of rotatable bonds is 2. The second-order valence-electron chi connectivity index (χ2n) is 9.36. The van der Waals surface area contributed by atoms with E-state index in [-0.39, 0.29) is 66.7 Å². The molecule has 4 aromatic rings. The summed E-state index contributed by atoms with van der Waals surface area (Å²) in [6.45, 7) is 4.68. The highest BCUT2D eigenvalue weighted by Crippen LogP contribution is 2.45. The normalized spacial score (nSPS) is 17.3. The fourth-order valence-corrected chi connectivity index (χ4v) is 6.64. The number of carbonyl (C=O) groups is 2. The monoisotopic (exact) mass is 535 g/mol. The number of anilines is 1. The Morgan fingerprint density at radius 1 is 1.13 bits per heavy atom. The van der Waals surface area contributed by atoms with Crippen LogP contribution in [0.15, 0.2) is 37.1 Å². The molecule has 0 saturated carbocycles. The maximum atomic E-state index is 16.0. The number of benzene rings is 2. The molecule has 2 aliphatic heterocycles. The predicted octanol–water partition coefficient (Wildman–Crippen LogP) is 4.64. The lowest BCUT2D eigenvalue weighted by Gasteiger charge is -2.42. The standard InChI is InChI=1S/C27H20F3N5O2S/c1-2-20(36)33-7-8-35-13(11-33)5-6-34-12-19(30)23-22(18(29)9-15(24(23)34)27(35)37)14-3-4-17(28)25-21(14)16(10-31)26(32)38-25/h2-4,9,12-13H,1,5-8,11,32H2/t13-/m1/s1. The summed E-state index contributed by atoms with van der Waals surface area (Å²) < 4.78 is 47.9. The smallest absolute Gasteiger partial charge is 0.256 e. The number of nitriles is 1. The highest BCUT2D eigenvalue weighted by atomic mass is 32.1. The number of hydrogen-bond donors (Lipinski definition) is 1. The van der Waals surface area contributed by atoms with E-state index in [9.17, 15) is 19.2 Å². The van der Waals surface area contributed by atoms with E-state index in [2.05, 4.69) is 6.58 Å². The lowest BCUT2D eigenvalue weighted by Crippen LogP contribution is -2.57. The van der Waals surface area contributed by atoms with E-state index in [0.717, 1.165) is 23.5 Å². The number of nitrogens with two attached hydrogens (primary N) is 1. The maximum absolute atomic E-state index is 16.0. The summed E-state index contributed by atoms with van der Waals surface area (Å²) in [4.78, 5) is 29.1. The molecule has 192 valence electrons. The fourth-order valence-electron chi connectivity index (χ4n) is 5.69. The number of hydrogen-bond acceptors (Lipinski definition) is 5. The Bertz CT molecular complexity index is 1750. The van der Waals surface area contributed by atoms with Gasteiger partial charge in [0.1, 0.15) is 28.5 Å². The first kappa shape index (κ1) is 24.1. The first-order valence-electron chi connectivity index (χ1n) is 11.9. The lowest BCUT2D eigenvalue weighted by atomic mass is 9.93. The third-order valence-electron chi connectivity index (χ3n) is 7.41. The van der Waals surface area contributed by atoms with Crippen molar-refractivity contribution in [2.24, 2.45) is 0 Å². The van der Waals surface area contributed by atoms with Crippen molar-refractivity contribution in [2.75, 3.05) is 25.4 Å². The second-order valence-corrected chi connectivity index (χ2v) is 10.4. The molecule has 2 amide bonds.